The molecule has 0 atom stereocenters. The number of carbonyl (C=O) groups is 1. The largest absolute Gasteiger partial charge is 0.508 e. The lowest BCUT2D eigenvalue weighted by atomic mass is 10.1. The van der Waals surface area contributed by atoms with Crippen LogP contribution in [-0.2, 0) is 4.79 Å². The Kier molecular flexibility index (Phi) is 8.17. The molecule has 1 amide bonds. The van der Waals surface area contributed by atoms with Crippen LogP contribution in [0.4, 0.5) is 0 Å². The summed E-state index contributed by atoms with van der Waals surface area (Å²) in [6.07, 6.45) is 7.50. The van der Waals surface area contributed by atoms with E-state index in [1.807, 2.05) is 6.07 Å². The SMILES string of the molecule is CCCCCCCCC(=O)NN=C(C)c1cccc(O)c1. The minimum Gasteiger partial charge on any atom is -0.508 e. The summed E-state index contributed by atoms with van der Waals surface area (Å²) in [6.45, 7) is 4.00. The van der Waals surface area contributed by atoms with Crippen molar-refractivity contribution in [1.29, 1.82) is 0 Å². The minimum atomic E-state index is -0.0509. The molecule has 1 aromatic carbocycles. The van der Waals surface area contributed by atoms with Crippen molar-refractivity contribution in [1.82, 2.24) is 5.43 Å². The molecule has 0 aliphatic heterocycles. The van der Waals surface area contributed by atoms with Gasteiger partial charge in [0.15, 0.2) is 0 Å². The number of hydrazone groups is 1. The maximum absolute atomic E-state index is 11.7. The first-order chi connectivity index (χ1) is 10.1. The van der Waals surface area contributed by atoms with Gasteiger partial charge in [-0.05, 0) is 25.5 Å². The van der Waals surface area contributed by atoms with Crippen molar-refractivity contribution >= 4 is 11.6 Å². The highest BCUT2D eigenvalue weighted by atomic mass is 16.3. The number of hydrogen-bond acceptors (Lipinski definition) is 3. The molecule has 0 saturated carbocycles. The molecule has 116 valence electrons. The Morgan fingerprint density at radius 1 is 1.19 bits per heavy atom. The van der Waals surface area contributed by atoms with E-state index in [0.717, 1.165) is 18.4 Å². The second-order valence-electron chi connectivity index (χ2n) is 5.30. The average molecular weight is 290 g/mol. The number of phenolic OH excluding ortho intramolecular Hbond substituents is 1. The Morgan fingerprint density at radius 2 is 1.90 bits per heavy atom. The van der Waals surface area contributed by atoms with Crippen LogP contribution in [-0.4, -0.2) is 16.7 Å². The van der Waals surface area contributed by atoms with E-state index in [-0.39, 0.29) is 11.7 Å². The standard InChI is InChI=1S/C17H26N2O2/c1-3-4-5-6-7-8-12-17(21)19-18-14(2)15-10-9-11-16(20)13-15/h9-11,13,20H,3-8,12H2,1-2H3,(H,19,21). The maximum atomic E-state index is 11.7. The summed E-state index contributed by atoms with van der Waals surface area (Å²) >= 11 is 0. The lowest BCUT2D eigenvalue weighted by Gasteiger charge is -2.04. The highest BCUT2D eigenvalue weighted by Crippen LogP contribution is 2.11. The van der Waals surface area contributed by atoms with Gasteiger partial charge >= 0.3 is 0 Å². The summed E-state index contributed by atoms with van der Waals surface area (Å²) in [6, 6.07) is 6.83. The van der Waals surface area contributed by atoms with E-state index < -0.39 is 0 Å². The van der Waals surface area contributed by atoms with Gasteiger partial charge in [0.05, 0.1) is 5.71 Å². The predicted molar refractivity (Wildman–Crippen MR) is 86.5 cm³/mol. The Balaban J connectivity index is 2.27. The van der Waals surface area contributed by atoms with Gasteiger partial charge in [-0.3, -0.25) is 4.79 Å². The Morgan fingerprint density at radius 3 is 2.62 bits per heavy atom. The van der Waals surface area contributed by atoms with E-state index in [4.69, 9.17) is 0 Å². The monoisotopic (exact) mass is 290 g/mol. The molecule has 0 saturated heterocycles. The molecule has 2 N–H and O–H groups in total. The summed E-state index contributed by atoms with van der Waals surface area (Å²) in [5.74, 6) is 0.144. The van der Waals surface area contributed by atoms with Crippen LogP contribution in [0.25, 0.3) is 0 Å². The van der Waals surface area contributed by atoms with Crippen molar-refractivity contribution in [3.05, 3.63) is 29.8 Å². The Hall–Kier alpha value is -1.84. The fourth-order valence-corrected chi connectivity index (χ4v) is 2.06. The van der Waals surface area contributed by atoms with E-state index in [2.05, 4.69) is 17.5 Å². The third kappa shape index (κ3) is 7.49. The van der Waals surface area contributed by atoms with Crippen molar-refractivity contribution in [2.75, 3.05) is 0 Å². The van der Waals surface area contributed by atoms with Crippen LogP contribution in [0.1, 0.15) is 64.4 Å². The highest BCUT2D eigenvalue weighted by molar-refractivity contribution is 5.99. The molecular formula is C17H26N2O2. The second-order valence-corrected chi connectivity index (χ2v) is 5.30. The van der Waals surface area contributed by atoms with Gasteiger partial charge < -0.3 is 5.11 Å². The molecule has 1 aromatic rings. The third-order valence-electron chi connectivity index (χ3n) is 3.37. The number of amides is 1. The quantitative estimate of drug-likeness (QED) is 0.410. The summed E-state index contributed by atoms with van der Waals surface area (Å²) in [5.41, 5.74) is 4.05. The topological polar surface area (TPSA) is 61.7 Å². The van der Waals surface area contributed by atoms with E-state index in [1.54, 1.807) is 25.1 Å². The zero-order chi connectivity index (χ0) is 15.5. The fourth-order valence-electron chi connectivity index (χ4n) is 2.06. The molecule has 0 aliphatic rings. The Labute approximate surface area is 127 Å². The van der Waals surface area contributed by atoms with Crippen LogP contribution in [0.5, 0.6) is 5.75 Å². The number of unbranched alkanes of at least 4 members (excludes halogenated alkanes) is 5. The second kappa shape index (κ2) is 9.97. The number of hydrogen-bond donors (Lipinski definition) is 2. The molecule has 4 heteroatoms. The molecule has 0 radical (unpaired) electrons. The van der Waals surface area contributed by atoms with E-state index >= 15 is 0 Å². The first kappa shape index (κ1) is 17.2. The normalized spacial score (nSPS) is 11.4. The first-order valence-electron chi connectivity index (χ1n) is 7.76. The van der Waals surface area contributed by atoms with Crippen LogP contribution < -0.4 is 5.43 Å². The summed E-state index contributed by atoms with van der Waals surface area (Å²) in [4.78, 5) is 11.7. The zero-order valence-electron chi connectivity index (χ0n) is 13.1. The van der Waals surface area contributed by atoms with Gasteiger partial charge in [0, 0.05) is 12.0 Å². The van der Waals surface area contributed by atoms with E-state index in [1.165, 1.54) is 25.7 Å². The van der Waals surface area contributed by atoms with Crippen LogP contribution in [0, 0.1) is 0 Å². The number of aromatic hydroxyl groups is 1. The van der Waals surface area contributed by atoms with Gasteiger partial charge in [-0.2, -0.15) is 5.10 Å². The number of nitrogens with zero attached hydrogens (tertiary/aromatic N) is 1. The summed E-state index contributed by atoms with van der Waals surface area (Å²) in [5, 5.41) is 13.5. The van der Waals surface area contributed by atoms with Gasteiger partial charge in [0.25, 0.3) is 0 Å². The van der Waals surface area contributed by atoms with Crippen LogP contribution in [0.3, 0.4) is 0 Å². The molecule has 0 spiro atoms. The van der Waals surface area contributed by atoms with Crippen LogP contribution >= 0.6 is 0 Å². The number of phenols is 1. The molecule has 1 rings (SSSR count). The number of carbonyl (C=O) groups excluding carboxylic acids is 1. The van der Waals surface area contributed by atoms with Gasteiger partial charge in [0.1, 0.15) is 5.75 Å². The van der Waals surface area contributed by atoms with Crippen molar-refractivity contribution in [2.24, 2.45) is 5.10 Å². The smallest absolute Gasteiger partial charge is 0.240 e. The lowest BCUT2D eigenvalue weighted by Crippen LogP contribution is -2.18. The summed E-state index contributed by atoms with van der Waals surface area (Å²) < 4.78 is 0. The van der Waals surface area contributed by atoms with E-state index in [0.29, 0.717) is 12.1 Å². The number of benzene rings is 1. The van der Waals surface area contributed by atoms with E-state index in [9.17, 15) is 9.90 Å². The van der Waals surface area contributed by atoms with Crippen molar-refractivity contribution < 1.29 is 9.90 Å². The predicted octanol–water partition coefficient (Wildman–Crippen LogP) is 3.98. The molecule has 0 bridgehead atoms. The molecule has 0 fully saturated rings. The van der Waals surface area contributed by atoms with Crippen molar-refractivity contribution in [3.8, 4) is 5.75 Å². The Bertz CT molecular complexity index is 470. The molecule has 0 unspecified atom stereocenters. The van der Waals surface area contributed by atoms with Crippen LogP contribution in [0.15, 0.2) is 29.4 Å². The third-order valence-corrected chi connectivity index (χ3v) is 3.37. The van der Waals surface area contributed by atoms with Gasteiger partial charge in [-0.15, -0.1) is 0 Å². The molecule has 0 aromatic heterocycles. The lowest BCUT2D eigenvalue weighted by molar-refractivity contribution is -0.121. The molecule has 0 aliphatic carbocycles. The van der Waals surface area contributed by atoms with Crippen molar-refractivity contribution in [3.63, 3.8) is 0 Å². The maximum Gasteiger partial charge on any atom is 0.240 e. The van der Waals surface area contributed by atoms with Gasteiger partial charge in [0.2, 0.25) is 5.91 Å². The number of rotatable bonds is 9. The minimum absolute atomic E-state index is 0.0509. The molecule has 0 heterocycles. The van der Waals surface area contributed by atoms with Crippen molar-refractivity contribution in [2.45, 2.75) is 58.8 Å². The number of nitrogens with one attached hydrogen (secondary N) is 1. The first-order valence-corrected chi connectivity index (χ1v) is 7.76. The van der Waals surface area contributed by atoms with Crippen LogP contribution in [0.2, 0.25) is 0 Å². The summed E-state index contributed by atoms with van der Waals surface area (Å²) in [7, 11) is 0. The highest BCUT2D eigenvalue weighted by Gasteiger charge is 2.02. The molecule has 21 heavy (non-hydrogen) atoms. The van der Waals surface area contributed by atoms with Gasteiger partial charge in [-0.1, -0.05) is 51.2 Å². The van der Waals surface area contributed by atoms with Gasteiger partial charge in [-0.25, -0.2) is 5.43 Å². The molecule has 4 nitrogen and oxygen atoms in total. The average Bonchev–Trinajstić information content (AvgIpc) is 2.48. The fraction of sp³-hybridized carbons (Fsp3) is 0.529. The molecular weight excluding hydrogens is 264 g/mol. The zero-order valence-corrected chi connectivity index (χ0v) is 13.1.